The Morgan fingerprint density at radius 3 is 1.79 bits per heavy atom. The number of carbonyl (C=O) groups excluding carboxylic acids is 5. The summed E-state index contributed by atoms with van der Waals surface area (Å²) in [5, 5.41) is 28.6. The molecule has 2 unspecified atom stereocenters. The van der Waals surface area contributed by atoms with Crippen LogP contribution in [0, 0.1) is 0 Å². The van der Waals surface area contributed by atoms with Crippen molar-refractivity contribution < 1.29 is 50.1 Å². The number of nitrogens with zero attached hydrogens (tertiary/aromatic N) is 2. The molecule has 62 heavy (non-hydrogen) atoms. The van der Waals surface area contributed by atoms with E-state index in [0.29, 0.717) is 38.8 Å². The number of unbranched alkanes of at least 4 members (excludes halogenated alkanes) is 1. The SMILES string of the molecule is CC.CC/C=C(\CCC(NC=O)C(NC(C)CCC=O)=C1CC1)NCCN(CCCC(=O)NC)CCCC(=O)NCC.CNC.CNCCN(CCC[NH-])CCCC=O.CO.[W]. The average Bonchev–Trinajstić information content (AvgIpc) is 4.12. The van der Waals surface area contributed by atoms with Crippen LogP contribution >= 0.6 is 0 Å². The fourth-order valence-corrected chi connectivity index (χ4v) is 5.99. The molecule has 366 valence electrons. The molecule has 0 radical (unpaired) electrons. The predicted octanol–water partition coefficient (Wildman–Crippen LogP) is 3.91. The largest absolute Gasteiger partial charge is 0.677 e. The fourth-order valence-electron chi connectivity index (χ4n) is 5.99. The van der Waals surface area contributed by atoms with Crippen LogP contribution in [0.4, 0.5) is 0 Å². The first-order chi connectivity index (χ1) is 29.6. The van der Waals surface area contributed by atoms with Gasteiger partial charge in [0.05, 0.1) is 6.04 Å². The van der Waals surface area contributed by atoms with Gasteiger partial charge >= 0.3 is 0 Å². The van der Waals surface area contributed by atoms with Crippen LogP contribution in [0.15, 0.2) is 23.0 Å². The van der Waals surface area contributed by atoms with Crippen molar-refractivity contribution in [3.8, 4) is 0 Å². The Morgan fingerprint density at radius 1 is 0.758 bits per heavy atom. The first-order valence-corrected chi connectivity index (χ1v) is 22.9. The van der Waals surface area contributed by atoms with Gasteiger partial charge in [-0.05, 0) is 125 Å². The number of aliphatic hydroxyl groups is 1. The Hall–Kier alpha value is -2.72. The quantitative estimate of drug-likeness (QED) is 0.0335. The van der Waals surface area contributed by atoms with Crippen molar-refractivity contribution in [1.82, 2.24) is 47.0 Å². The molecule has 16 nitrogen and oxygen atoms in total. The van der Waals surface area contributed by atoms with Gasteiger partial charge in [0, 0.05) is 111 Å². The molecular weight excluding hydrogens is 960 g/mol. The standard InChI is InChI=1S/C30H54N6O4.C10H22N3O.C2H7N.C2H6.CH4O.W/c1-5-10-26(16-17-27(34-23-38)30(25-14-15-25)35-24(3)11-9-22-37)33-18-21-36(19-7-12-28(39)31-4)20-8-13-29(40)32-6-2;1-12-6-9-13(8-4-5-11)7-2-3-10-14;1-3-2;2*1-2;/h10,22-24,27,33,35H,5-9,11-21H2,1-4H3,(H,31,39)(H,32,40)(H,34,38);10-12H,2-9H2,1H3;3H,1-2H3;1-2H3;2H,1H3;/q;-1;;;;/b26-10+;;;;;. The van der Waals surface area contributed by atoms with Gasteiger partial charge in [-0.2, -0.15) is 0 Å². The molecule has 1 aliphatic carbocycles. The molecule has 2 atom stereocenters. The molecule has 17 heteroatoms. The Morgan fingerprint density at radius 2 is 1.31 bits per heavy atom. The number of nitrogens with one attached hydrogen (secondary N) is 8. The maximum atomic E-state index is 11.9. The average molecular weight is 1050 g/mol. The van der Waals surface area contributed by atoms with Crippen molar-refractivity contribution in [3.05, 3.63) is 28.8 Å². The molecule has 1 aliphatic rings. The number of hydrogen-bond donors (Lipinski definition) is 8. The number of rotatable bonds is 35. The minimum atomic E-state index is -0.0915. The van der Waals surface area contributed by atoms with Crippen molar-refractivity contribution in [2.24, 2.45) is 0 Å². The van der Waals surface area contributed by atoms with Crippen molar-refractivity contribution in [1.29, 1.82) is 0 Å². The smallest absolute Gasteiger partial charge is 0.220 e. The molecular formula is C45H93N10O6W-. The number of likely N-dealkylation sites (N-methyl/N-ethyl adjacent to an activating group) is 1. The summed E-state index contributed by atoms with van der Waals surface area (Å²) in [5.41, 5.74) is 10.7. The van der Waals surface area contributed by atoms with Gasteiger partial charge in [-0.1, -0.05) is 33.3 Å². The van der Waals surface area contributed by atoms with E-state index in [1.54, 1.807) is 7.05 Å². The molecule has 0 aromatic heterocycles. The monoisotopic (exact) mass is 1050 g/mol. The van der Waals surface area contributed by atoms with Gasteiger partial charge in [0.2, 0.25) is 18.2 Å². The van der Waals surface area contributed by atoms with Crippen LogP contribution in [0.2, 0.25) is 0 Å². The molecule has 9 N–H and O–H groups in total. The third-order valence-corrected chi connectivity index (χ3v) is 9.09. The number of carbonyl (C=O) groups is 5. The molecule has 0 heterocycles. The van der Waals surface area contributed by atoms with Crippen molar-refractivity contribution in [2.75, 3.05) is 101 Å². The second-order valence-electron chi connectivity index (χ2n) is 14.3. The zero-order valence-electron chi connectivity index (χ0n) is 40.7. The van der Waals surface area contributed by atoms with E-state index in [-0.39, 0.29) is 45.0 Å². The second-order valence-corrected chi connectivity index (χ2v) is 14.3. The zero-order valence-corrected chi connectivity index (χ0v) is 43.7. The van der Waals surface area contributed by atoms with Gasteiger partial charge in [-0.3, -0.25) is 14.4 Å². The van der Waals surface area contributed by atoms with Gasteiger partial charge in [0.1, 0.15) is 12.6 Å². The summed E-state index contributed by atoms with van der Waals surface area (Å²) >= 11 is 0. The van der Waals surface area contributed by atoms with Crippen LogP contribution in [0.3, 0.4) is 0 Å². The van der Waals surface area contributed by atoms with Gasteiger partial charge in [-0.25, -0.2) is 0 Å². The van der Waals surface area contributed by atoms with E-state index in [2.05, 4.69) is 66.9 Å². The number of amides is 3. The van der Waals surface area contributed by atoms with Gasteiger partial charge in [0.25, 0.3) is 0 Å². The van der Waals surface area contributed by atoms with E-state index in [1.807, 2.05) is 41.9 Å². The first kappa shape index (κ1) is 68.3. The summed E-state index contributed by atoms with van der Waals surface area (Å²) in [6.45, 7) is 18.3. The Kier molecular flexibility index (Phi) is 60.0. The van der Waals surface area contributed by atoms with Gasteiger partial charge in [0.15, 0.2) is 0 Å². The molecule has 0 aliphatic heterocycles. The van der Waals surface area contributed by atoms with E-state index in [0.717, 1.165) is 154 Å². The summed E-state index contributed by atoms with van der Waals surface area (Å²) in [5.74, 6) is 0.117. The molecule has 1 fully saturated rings. The Bertz CT molecular complexity index is 1090. The maximum absolute atomic E-state index is 11.9. The zero-order chi connectivity index (χ0) is 46.9. The molecule has 1 rings (SSSR count). The Labute approximate surface area is 392 Å². The van der Waals surface area contributed by atoms with E-state index in [9.17, 15) is 24.0 Å². The van der Waals surface area contributed by atoms with Crippen molar-refractivity contribution in [2.45, 2.75) is 137 Å². The Balaban J connectivity index is -0.000000410. The van der Waals surface area contributed by atoms with E-state index in [4.69, 9.17) is 10.8 Å². The number of hydrogen-bond acceptors (Lipinski definition) is 12. The summed E-state index contributed by atoms with van der Waals surface area (Å²) in [6.07, 6.45) is 15.8. The molecule has 1 saturated carbocycles. The van der Waals surface area contributed by atoms with Crippen LogP contribution in [0.25, 0.3) is 5.73 Å². The van der Waals surface area contributed by atoms with Crippen LogP contribution < -0.4 is 37.2 Å². The fraction of sp³-hybridized carbons (Fsp3) is 0.800. The number of aliphatic hydroxyl groups excluding tert-OH is 1. The predicted molar refractivity (Wildman–Crippen MR) is 254 cm³/mol. The van der Waals surface area contributed by atoms with Crippen LogP contribution in [0.5, 0.6) is 0 Å². The molecule has 3 amide bonds. The van der Waals surface area contributed by atoms with Crippen LogP contribution in [0.1, 0.15) is 125 Å². The third kappa shape index (κ3) is 45.3. The number of aldehydes is 2. The van der Waals surface area contributed by atoms with E-state index < -0.39 is 0 Å². The minimum absolute atomic E-state index is 0. The van der Waals surface area contributed by atoms with Crippen LogP contribution in [-0.2, 0) is 45.0 Å². The third-order valence-electron chi connectivity index (χ3n) is 9.09. The molecule has 0 saturated heterocycles. The van der Waals surface area contributed by atoms with Crippen LogP contribution in [-0.4, -0.2) is 159 Å². The summed E-state index contributed by atoms with van der Waals surface area (Å²) < 4.78 is 0. The topological polar surface area (TPSA) is 220 Å². The summed E-state index contributed by atoms with van der Waals surface area (Å²) in [7, 11) is 8.34. The van der Waals surface area contributed by atoms with Gasteiger partial charge in [-0.15, -0.1) is 6.54 Å². The maximum Gasteiger partial charge on any atom is 0.220 e. The normalized spacial score (nSPS) is 12.1. The first-order valence-electron chi connectivity index (χ1n) is 22.9. The molecule has 0 aromatic carbocycles. The molecule has 0 aromatic rings. The molecule has 0 spiro atoms. The number of allylic oxidation sites excluding steroid dienone is 3. The van der Waals surface area contributed by atoms with E-state index >= 15 is 0 Å². The van der Waals surface area contributed by atoms with Gasteiger partial charge < -0.3 is 67.4 Å². The van der Waals surface area contributed by atoms with Crippen molar-refractivity contribution in [3.63, 3.8) is 0 Å². The summed E-state index contributed by atoms with van der Waals surface area (Å²) in [4.78, 5) is 60.6. The van der Waals surface area contributed by atoms with Crippen molar-refractivity contribution >= 4 is 30.8 Å². The molecule has 0 bridgehead atoms. The van der Waals surface area contributed by atoms with E-state index in [1.165, 1.54) is 5.57 Å². The second kappa shape index (κ2) is 54.4. The summed E-state index contributed by atoms with van der Waals surface area (Å²) in [6, 6.07) is 0.0710. The minimum Gasteiger partial charge on any atom is -0.677 e.